The third-order valence-corrected chi connectivity index (χ3v) is 6.72. The number of carbonyl (C=O) groups excluding carboxylic acids is 1. The van der Waals surface area contributed by atoms with Crippen LogP contribution in [0.3, 0.4) is 0 Å². The Morgan fingerprint density at radius 2 is 2.13 bits per heavy atom. The van der Waals surface area contributed by atoms with Crippen LogP contribution in [0, 0.1) is 5.92 Å². The molecule has 0 radical (unpaired) electrons. The lowest BCUT2D eigenvalue weighted by atomic mass is 9.59. The number of carbonyl (C=O) groups is 1. The van der Waals surface area contributed by atoms with E-state index in [1.54, 1.807) is 18.2 Å². The summed E-state index contributed by atoms with van der Waals surface area (Å²) in [5, 5.41) is -0.110. The lowest BCUT2D eigenvalue weighted by Crippen LogP contribution is -2.55. The first kappa shape index (κ1) is 16.7. The summed E-state index contributed by atoms with van der Waals surface area (Å²) in [6, 6.07) is 7.11. The van der Waals surface area contributed by atoms with Crippen molar-refractivity contribution in [1.82, 2.24) is 4.72 Å². The molecule has 1 N–H and O–H groups in total. The molecule has 1 saturated heterocycles. The fourth-order valence-electron chi connectivity index (χ4n) is 3.54. The maximum Gasteiger partial charge on any atom is 0.244 e. The first-order valence-corrected chi connectivity index (χ1v) is 9.66. The zero-order valence-electron chi connectivity index (χ0n) is 12.9. The molecule has 1 aliphatic carbocycles. The van der Waals surface area contributed by atoms with Gasteiger partial charge in [-0.3, -0.25) is 9.52 Å². The van der Waals surface area contributed by atoms with Crippen LogP contribution >= 0.6 is 11.6 Å². The Morgan fingerprint density at radius 1 is 1.39 bits per heavy atom. The molecule has 5 nitrogen and oxygen atoms in total. The summed E-state index contributed by atoms with van der Waals surface area (Å²) in [5.41, 5.74) is -0.0323. The van der Waals surface area contributed by atoms with Crippen molar-refractivity contribution in [3.63, 3.8) is 0 Å². The van der Waals surface area contributed by atoms with Crippen molar-refractivity contribution < 1.29 is 17.9 Å². The van der Waals surface area contributed by atoms with Gasteiger partial charge in [0.1, 0.15) is 5.25 Å². The van der Waals surface area contributed by atoms with Gasteiger partial charge in [0.2, 0.25) is 15.9 Å². The van der Waals surface area contributed by atoms with Gasteiger partial charge in [-0.1, -0.05) is 30.7 Å². The highest BCUT2D eigenvalue weighted by atomic mass is 35.5. The molecule has 126 valence electrons. The Bertz CT molecular complexity index is 707. The van der Waals surface area contributed by atoms with Crippen LogP contribution in [0.5, 0.6) is 0 Å². The Labute approximate surface area is 141 Å². The number of ether oxygens (including phenoxy) is 1. The third-order valence-electron chi connectivity index (χ3n) is 4.77. The normalized spacial score (nSPS) is 30.7. The number of hydrogen-bond acceptors (Lipinski definition) is 4. The number of halogens is 1. The highest BCUT2D eigenvalue weighted by molar-refractivity contribution is 7.90. The lowest BCUT2D eigenvalue weighted by Gasteiger charge is -2.45. The second-order valence-corrected chi connectivity index (χ2v) is 8.96. The maximum absolute atomic E-state index is 12.8. The van der Waals surface area contributed by atoms with Crippen LogP contribution in [0.15, 0.2) is 24.3 Å². The zero-order chi connectivity index (χ0) is 16.7. The molecule has 1 amide bonds. The molecule has 2 aliphatic rings. The van der Waals surface area contributed by atoms with E-state index in [2.05, 4.69) is 11.6 Å². The number of sulfonamides is 1. The smallest absolute Gasteiger partial charge is 0.244 e. The number of amides is 1. The minimum Gasteiger partial charge on any atom is -0.380 e. The largest absolute Gasteiger partial charge is 0.380 e. The van der Waals surface area contributed by atoms with Crippen LogP contribution in [-0.4, -0.2) is 32.8 Å². The molecule has 23 heavy (non-hydrogen) atoms. The van der Waals surface area contributed by atoms with E-state index in [0.29, 0.717) is 36.8 Å². The summed E-state index contributed by atoms with van der Waals surface area (Å²) in [6.07, 6.45) is 1.66. The molecule has 1 aromatic carbocycles. The summed E-state index contributed by atoms with van der Waals surface area (Å²) >= 11 is 6.04. The SMILES string of the molecule is CC1CC(C(=O)NS(=O)(=O)C2CCOC2)(c2cccc(Cl)c2)C1. The van der Waals surface area contributed by atoms with Gasteiger partial charge < -0.3 is 4.74 Å². The molecule has 1 aromatic rings. The zero-order valence-corrected chi connectivity index (χ0v) is 14.5. The molecule has 0 bridgehead atoms. The van der Waals surface area contributed by atoms with Crippen LogP contribution in [0.1, 0.15) is 31.7 Å². The van der Waals surface area contributed by atoms with Gasteiger partial charge in [0, 0.05) is 11.6 Å². The summed E-state index contributed by atoms with van der Waals surface area (Å²) in [6.45, 7) is 2.61. The predicted molar refractivity (Wildman–Crippen MR) is 87.8 cm³/mol. The predicted octanol–water partition coefficient (Wildman–Crippen LogP) is 2.24. The van der Waals surface area contributed by atoms with Gasteiger partial charge in [-0.05, 0) is 42.9 Å². The number of nitrogens with one attached hydrogen (secondary N) is 1. The van der Waals surface area contributed by atoms with Crippen molar-refractivity contribution in [1.29, 1.82) is 0 Å². The van der Waals surface area contributed by atoms with Crippen molar-refractivity contribution in [3.05, 3.63) is 34.9 Å². The monoisotopic (exact) mass is 357 g/mol. The molecule has 2 fully saturated rings. The van der Waals surface area contributed by atoms with E-state index in [0.717, 1.165) is 5.56 Å². The topological polar surface area (TPSA) is 72.5 Å². The van der Waals surface area contributed by atoms with Gasteiger partial charge in [-0.25, -0.2) is 8.42 Å². The van der Waals surface area contributed by atoms with E-state index in [4.69, 9.17) is 16.3 Å². The van der Waals surface area contributed by atoms with Crippen LogP contribution in [-0.2, 0) is 25.0 Å². The van der Waals surface area contributed by atoms with Crippen molar-refractivity contribution in [2.75, 3.05) is 13.2 Å². The van der Waals surface area contributed by atoms with E-state index < -0.39 is 26.6 Å². The fraction of sp³-hybridized carbons (Fsp3) is 0.562. The highest BCUT2D eigenvalue weighted by Gasteiger charge is 2.51. The van der Waals surface area contributed by atoms with Crippen molar-refractivity contribution in [2.24, 2.45) is 5.92 Å². The minimum atomic E-state index is -3.71. The van der Waals surface area contributed by atoms with Crippen LogP contribution in [0.4, 0.5) is 0 Å². The molecular formula is C16H20ClNO4S. The third kappa shape index (κ3) is 3.12. The lowest BCUT2D eigenvalue weighted by molar-refractivity contribution is -0.129. The van der Waals surface area contributed by atoms with E-state index in [-0.39, 0.29) is 6.61 Å². The number of rotatable bonds is 4. The molecular weight excluding hydrogens is 338 g/mol. The van der Waals surface area contributed by atoms with E-state index in [9.17, 15) is 13.2 Å². The van der Waals surface area contributed by atoms with Gasteiger partial charge in [0.15, 0.2) is 0 Å². The Kier molecular flexibility index (Phi) is 4.42. The number of hydrogen-bond donors (Lipinski definition) is 1. The van der Waals surface area contributed by atoms with E-state index >= 15 is 0 Å². The summed E-state index contributed by atoms with van der Waals surface area (Å²) < 4.78 is 32.2. The first-order valence-electron chi connectivity index (χ1n) is 7.73. The number of benzene rings is 1. The summed E-state index contributed by atoms with van der Waals surface area (Å²) in [4.78, 5) is 12.8. The van der Waals surface area contributed by atoms with Gasteiger partial charge in [-0.2, -0.15) is 0 Å². The molecule has 1 unspecified atom stereocenters. The van der Waals surface area contributed by atoms with Crippen molar-refractivity contribution >= 4 is 27.5 Å². The Balaban J connectivity index is 1.85. The molecule has 1 atom stereocenters. The van der Waals surface area contributed by atoms with Crippen molar-refractivity contribution in [3.8, 4) is 0 Å². The quantitative estimate of drug-likeness (QED) is 0.897. The van der Waals surface area contributed by atoms with Gasteiger partial charge in [0.25, 0.3) is 0 Å². The van der Waals surface area contributed by atoms with Gasteiger partial charge in [0.05, 0.1) is 12.0 Å². The van der Waals surface area contributed by atoms with Crippen LogP contribution in [0.25, 0.3) is 0 Å². The molecule has 1 aliphatic heterocycles. The van der Waals surface area contributed by atoms with Crippen LogP contribution < -0.4 is 4.72 Å². The molecule has 0 aromatic heterocycles. The fourth-order valence-corrected chi connectivity index (χ4v) is 5.03. The first-order chi connectivity index (χ1) is 10.8. The Morgan fingerprint density at radius 3 is 2.70 bits per heavy atom. The summed E-state index contributed by atoms with van der Waals surface area (Å²) in [7, 11) is -3.71. The standard InChI is InChI=1S/C16H20ClNO4S/c1-11-8-16(9-11,12-3-2-4-13(17)7-12)15(19)18-23(20,21)14-5-6-22-10-14/h2-4,7,11,14H,5-6,8-10H2,1H3,(H,18,19). The van der Waals surface area contributed by atoms with Gasteiger partial charge in [-0.15, -0.1) is 0 Å². The maximum atomic E-state index is 12.8. The van der Waals surface area contributed by atoms with Crippen LogP contribution in [0.2, 0.25) is 5.02 Å². The van der Waals surface area contributed by atoms with Crippen molar-refractivity contribution in [2.45, 2.75) is 36.9 Å². The average Bonchev–Trinajstić information content (AvgIpc) is 2.98. The second kappa shape index (κ2) is 6.07. The molecule has 1 heterocycles. The summed E-state index contributed by atoms with van der Waals surface area (Å²) in [5.74, 6) is -0.0815. The molecule has 3 rings (SSSR count). The molecule has 0 spiro atoms. The minimum absolute atomic E-state index is 0.142. The van der Waals surface area contributed by atoms with E-state index in [1.807, 2.05) is 6.07 Å². The van der Waals surface area contributed by atoms with Gasteiger partial charge >= 0.3 is 0 Å². The average molecular weight is 358 g/mol. The Hall–Kier alpha value is -1.11. The second-order valence-electron chi connectivity index (χ2n) is 6.57. The highest BCUT2D eigenvalue weighted by Crippen LogP contribution is 2.48. The molecule has 1 saturated carbocycles. The molecule has 7 heteroatoms. The van der Waals surface area contributed by atoms with E-state index in [1.165, 1.54) is 0 Å².